The van der Waals surface area contributed by atoms with Crippen molar-refractivity contribution < 1.29 is 14.3 Å². The number of fused-ring (bicyclic) bond motifs is 1. The van der Waals surface area contributed by atoms with Crippen LogP contribution in [-0.2, 0) is 6.54 Å². The van der Waals surface area contributed by atoms with Gasteiger partial charge in [0.2, 0.25) is 0 Å². The fourth-order valence-electron chi connectivity index (χ4n) is 2.13. The lowest BCUT2D eigenvalue weighted by Crippen LogP contribution is -2.36. The van der Waals surface area contributed by atoms with Crippen LogP contribution in [0, 0.1) is 0 Å². The Morgan fingerprint density at radius 2 is 2.10 bits per heavy atom. The molecule has 0 radical (unpaired) electrons. The van der Waals surface area contributed by atoms with Gasteiger partial charge in [0, 0.05) is 0 Å². The normalized spacial score (nSPS) is 10.9. The number of carboxylic acids is 1. The van der Waals surface area contributed by atoms with Crippen LogP contribution in [0.15, 0.2) is 50.6 Å². The summed E-state index contributed by atoms with van der Waals surface area (Å²) in [5.74, 6) is -0.590. The highest BCUT2D eigenvalue weighted by Gasteiger charge is 2.11. The van der Waals surface area contributed by atoms with Crippen LogP contribution in [0.1, 0.15) is 16.1 Å². The summed E-state index contributed by atoms with van der Waals surface area (Å²) in [6.45, 7) is 0.0959. The number of furan rings is 1. The predicted octanol–water partition coefficient (Wildman–Crippen LogP) is 1.03. The molecule has 2 heterocycles. The highest BCUT2D eigenvalue weighted by molar-refractivity contribution is 5.92. The summed E-state index contributed by atoms with van der Waals surface area (Å²) in [5, 5.41) is 8.97. The standard InChI is InChI=1S/C14H10N2O5/c17-12-13(18)16(7-9-2-1-5-21-9)11-4-3-8(14(19)20)6-10(11)15-12/h1-6H,7H2,(H,15,17)(H,19,20). The van der Waals surface area contributed by atoms with Crippen molar-refractivity contribution in [2.24, 2.45) is 0 Å². The van der Waals surface area contributed by atoms with Crippen LogP contribution in [0.5, 0.6) is 0 Å². The molecule has 0 saturated heterocycles. The molecule has 3 rings (SSSR count). The van der Waals surface area contributed by atoms with Gasteiger partial charge in [0.1, 0.15) is 5.76 Å². The monoisotopic (exact) mass is 286 g/mol. The van der Waals surface area contributed by atoms with Crippen molar-refractivity contribution in [3.63, 3.8) is 0 Å². The zero-order chi connectivity index (χ0) is 15.0. The van der Waals surface area contributed by atoms with Gasteiger partial charge in [0.15, 0.2) is 0 Å². The van der Waals surface area contributed by atoms with E-state index in [1.165, 1.54) is 29.0 Å². The van der Waals surface area contributed by atoms with E-state index in [0.29, 0.717) is 11.3 Å². The molecule has 7 nitrogen and oxygen atoms in total. The highest BCUT2D eigenvalue weighted by Crippen LogP contribution is 2.13. The first-order valence-electron chi connectivity index (χ1n) is 6.09. The third-order valence-corrected chi connectivity index (χ3v) is 3.12. The number of carboxylic acid groups (broad SMARTS) is 1. The Hall–Kier alpha value is -3.09. The Bertz CT molecular complexity index is 934. The number of nitrogens with zero attached hydrogens (tertiary/aromatic N) is 1. The number of hydrogen-bond acceptors (Lipinski definition) is 4. The minimum atomic E-state index is -1.11. The number of carbonyl (C=O) groups is 1. The molecule has 0 amide bonds. The van der Waals surface area contributed by atoms with Gasteiger partial charge in [0.05, 0.1) is 29.4 Å². The van der Waals surface area contributed by atoms with Crippen molar-refractivity contribution >= 4 is 17.0 Å². The van der Waals surface area contributed by atoms with Crippen molar-refractivity contribution in [1.82, 2.24) is 9.55 Å². The van der Waals surface area contributed by atoms with E-state index in [1.54, 1.807) is 12.1 Å². The largest absolute Gasteiger partial charge is 0.478 e. The maximum atomic E-state index is 12.0. The third-order valence-electron chi connectivity index (χ3n) is 3.12. The number of hydrogen-bond donors (Lipinski definition) is 2. The average molecular weight is 286 g/mol. The van der Waals surface area contributed by atoms with E-state index in [-0.39, 0.29) is 17.6 Å². The van der Waals surface area contributed by atoms with E-state index < -0.39 is 17.1 Å². The lowest BCUT2D eigenvalue weighted by Gasteiger charge is -2.08. The van der Waals surface area contributed by atoms with Gasteiger partial charge < -0.3 is 14.5 Å². The molecule has 0 saturated carbocycles. The fourth-order valence-corrected chi connectivity index (χ4v) is 2.13. The molecular weight excluding hydrogens is 276 g/mol. The van der Waals surface area contributed by atoms with E-state index in [0.717, 1.165) is 0 Å². The lowest BCUT2D eigenvalue weighted by atomic mass is 10.2. The molecule has 0 atom stereocenters. The van der Waals surface area contributed by atoms with Gasteiger partial charge in [0.25, 0.3) is 0 Å². The summed E-state index contributed by atoms with van der Waals surface area (Å²) in [7, 11) is 0. The number of aromatic nitrogens is 2. The summed E-state index contributed by atoms with van der Waals surface area (Å²) in [5.41, 5.74) is -0.785. The van der Waals surface area contributed by atoms with E-state index in [2.05, 4.69) is 4.98 Å². The second-order valence-electron chi connectivity index (χ2n) is 4.46. The number of rotatable bonds is 3. The number of aromatic amines is 1. The minimum absolute atomic E-state index is 0.0290. The second-order valence-corrected chi connectivity index (χ2v) is 4.46. The van der Waals surface area contributed by atoms with Gasteiger partial charge in [-0.1, -0.05) is 0 Å². The lowest BCUT2D eigenvalue weighted by molar-refractivity contribution is 0.0697. The minimum Gasteiger partial charge on any atom is -0.478 e. The van der Waals surface area contributed by atoms with Crippen LogP contribution in [0.25, 0.3) is 11.0 Å². The number of aromatic carboxylic acids is 1. The predicted molar refractivity (Wildman–Crippen MR) is 73.6 cm³/mol. The van der Waals surface area contributed by atoms with Crippen LogP contribution in [-0.4, -0.2) is 20.6 Å². The van der Waals surface area contributed by atoms with Crippen LogP contribution >= 0.6 is 0 Å². The summed E-state index contributed by atoms with van der Waals surface area (Å²) in [6, 6.07) is 7.54. The molecule has 2 N–H and O–H groups in total. The van der Waals surface area contributed by atoms with E-state index in [4.69, 9.17) is 9.52 Å². The molecule has 21 heavy (non-hydrogen) atoms. The third kappa shape index (κ3) is 2.25. The smallest absolute Gasteiger partial charge is 0.335 e. The van der Waals surface area contributed by atoms with Crippen molar-refractivity contribution in [3.8, 4) is 0 Å². The molecule has 0 aliphatic rings. The molecule has 0 aliphatic carbocycles. The first-order chi connectivity index (χ1) is 10.1. The maximum absolute atomic E-state index is 12.0. The number of benzene rings is 1. The van der Waals surface area contributed by atoms with E-state index >= 15 is 0 Å². The molecular formula is C14H10N2O5. The molecule has 3 aromatic rings. The molecule has 0 unspecified atom stereocenters. The second kappa shape index (κ2) is 4.78. The molecule has 0 fully saturated rings. The first-order valence-corrected chi connectivity index (χ1v) is 6.09. The number of nitrogens with one attached hydrogen (secondary N) is 1. The summed E-state index contributed by atoms with van der Waals surface area (Å²) in [4.78, 5) is 37.0. The zero-order valence-electron chi connectivity index (χ0n) is 10.7. The topological polar surface area (TPSA) is 105 Å². The molecule has 7 heteroatoms. The Labute approximate surface area is 117 Å². The number of H-pyrrole nitrogens is 1. The first kappa shape index (κ1) is 12.9. The van der Waals surface area contributed by atoms with Crippen LogP contribution in [0.4, 0.5) is 0 Å². The van der Waals surface area contributed by atoms with E-state index in [1.807, 2.05) is 0 Å². The molecule has 0 bridgehead atoms. The van der Waals surface area contributed by atoms with Crippen molar-refractivity contribution in [1.29, 1.82) is 0 Å². The Morgan fingerprint density at radius 1 is 1.29 bits per heavy atom. The van der Waals surface area contributed by atoms with Gasteiger partial charge in [-0.05, 0) is 30.3 Å². The quantitative estimate of drug-likeness (QED) is 0.699. The van der Waals surface area contributed by atoms with Crippen LogP contribution in [0.3, 0.4) is 0 Å². The summed E-state index contributed by atoms with van der Waals surface area (Å²) >= 11 is 0. The molecule has 2 aromatic heterocycles. The van der Waals surface area contributed by atoms with Crippen molar-refractivity contribution in [2.75, 3.05) is 0 Å². The SMILES string of the molecule is O=C(O)c1ccc2c(c1)[nH]c(=O)c(=O)n2Cc1ccco1. The van der Waals surface area contributed by atoms with Crippen molar-refractivity contribution in [2.45, 2.75) is 6.54 Å². The Balaban J connectivity index is 2.26. The van der Waals surface area contributed by atoms with Crippen LogP contribution in [0.2, 0.25) is 0 Å². The Morgan fingerprint density at radius 3 is 2.76 bits per heavy atom. The van der Waals surface area contributed by atoms with Gasteiger partial charge in [-0.25, -0.2) is 4.79 Å². The fraction of sp³-hybridized carbons (Fsp3) is 0.0714. The zero-order valence-corrected chi connectivity index (χ0v) is 10.7. The molecule has 1 aromatic carbocycles. The van der Waals surface area contributed by atoms with Gasteiger partial charge in [-0.3, -0.25) is 14.2 Å². The van der Waals surface area contributed by atoms with Gasteiger partial charge in [-0.2, -0.15) is 0 Å². The average Bonchev–Trinajstić information content (AvgIpc) is 2.96. The van der Waals surface area contributed by atoms with Crippen LogP contribution < -0.4 is 11.1 Å². The Kier molecular flexibility index (Phi) is 2.94. The molecule has 0 aliphatic heterocycles. The summed E-state index contributed by atoms with van der Waals surface area (Å²) < 4.78 is 6.43. The summed E-state index contributed by atoms with van der Waals surface area (Å²) in [6.07, 6.45) is 1.47. The van der Waals surface area contributed by atoms with E-state index in [9.17, 15) is 14.4 Å². The molecule has 106 valence electrons. The maximum Gasteiger partial charge on any atom is 0.335 e. The van der Waals surface area contributed by atoms with Gasteiger partial charge in [-0.15, -0.1) is 0 Å². The highest BCUT2D eigenvalue weighted by atomic mass is 16.4. The molecule has 0 spiro atoms. The van der Waals surface area contributed by atoms with Gasteiger partial charge >= 0.3 is 17.1 Å². The van der Waals surface area contributed by atoms with Crippen molar-refractivity contribution in [3.05, 3.63) is 68.6 Å².